The van der Waals surface area contributed by atoms with Crippen LogP contribution in [-0.4, -0.2) is 6.61 Å². The molecule has 1 nitrogen and oxygen atoms in total. The van der Waals surface area contributed by atoms with Crippen LogP contribution >= 0.6 is 24.8 Å². The van der Waals surface area contributed by atoms with E-state index in [1.54, 1.807) is 0 Å². The van der Waals surface area contributed by atoms with E-state index in [1.165, 1.54) is 20.6 Å². The van der Waals surface area contributed by atoms with E-state index in [0.29, 0.717) is 0 Å². The normalized spacial score (nSPS) is 13.0. The van der Waals surface area contributed by atoms with Crippen molar-refractivity contribution in [1.29, 1.82) is 0 Å². The van der Waals surface area contributed by atoms with Gasteiger partial charge in [0.25, 0.3) is 0 Å². The van der Waals surface area contributed by atoms with E-state index in [0.717, 1.165) is 13.0 Å². The van der Waals surface area contributed by atoms with Crippen LogP contribution in [0, 0.1) is 0 Å². The quantitative estimate of drug-likeness (QED) is 0.736. The van der Waals surface area contributed by atoms with Gasteiger partial charge in [0.2, 0.25) is 0 Å². The van der Waals surface area contributed by atoms with E-state index in [-0.39, 0.29) is 24.8 Å². The van der Waals surface area contributed by atoms with Crippen molar-refractivity contribution < 1.29 is 21.6 Å². The molecule has 0 N–H and O–H groups in total. The average Bonchev–Trinajstić information content (AvgIpc) is 2.76. The monoisotopic (exact) mass is 335 g/mol. The zero-order valence-corrected chi connectivity index (χ0v) is 14.8. The maximum absolute atomic E-state index is 5.88. The van der Waals surface area contributed by atoms with Gasteiger partial charge >= 0.3 is 111 Å². The number of halogens is 2. The largest absolute Gasteiger partial charge is 0.147 e. The van der Waals surface area contributed by atoms with Crippen molar-refractivity contribution in [3.8, 4) is 0 Å². The van der Waals surface area contributed by atoms with Crippen molar-refractivity contribution in [3.63, 3.8) is 0 Å². The van der Waals surface area contributed by atoms with Crippen molar-refractivity contribution in [2.24, 2.45) is 0 Å². The van der Waals surface area contributed by atoms with E-state index in [9.17, 15) is 0 Å². The van der Waals surface area contributed by atoms with Crippen molar-refractivity contribution >= 4 is 34.3 Å². The first-order chi connectivity index (χ1) is 8.22. The molecule has 0 atom stereocenters. The standard InChI is InChI=1S/C12H11.C2H5O.CH3.2ClH.Ti/c1-10-7-8-12(9-10)11-5-3-2-4-6-11;1-2-3;;;;/h2-5,7,9H,8H2,1H3;2H2,1H3;1H3;2*1H;/q;-1;;;;+1. The molecule has 1 aromatic rings. The van der Waals surface area contributed by atoms with Gasteiger partial charge in [0, 0.05) is 0 Å². The second-order valence-electron chi connectivity index (χ2n) is 4.36. The Morgan fingerprint density at radius 2 is 1.89 bits per heavy atom. The third-order valence-corrected chi connectivity index (χ3v) is 6.05. The summed E-state index contributed by atoms with van der Waals surface area (Å²) in [6.45, 7) is 5.08. The fourth-order valence-corrected chi connectivity index (χ4v) is 4.62. The fraction of sp³-hybridized carbons (Fsp3) is 0.333. The van der Waals surface area contributed by atoms with E-state index in [2.05, 4.69) is 55.5 Å². The number of hydrogen-bond donors (Lipinski definition) is 0. The molecule has 0 aliphatic heterocycles. The third-order valence-electron chi connectivity index (χ3n) is 3.06. The van der Waals surface area contributed by atoms with Crippen LogP contribution < -0.4 is 3.87 Å². The maximum atomic E-state index is 5.88. The Hall–Kier alpha value is -0.0457. The molecule has 0 fully saturated rings. The molecular formula is C15H21Cl2OTi. The van der Waals surface area contributed by atoms with Gasteiger partial charge in [-0.2, -0.15) is 0 Å². The molecule has 1 aromatic carbocycles. The van der Waals surface area contributed by atoms with Gasteiger partial charge in [-0.1, -0.05) is 0 Å². The van der Waals surface area contributed by atoms with Crippen LogP contribution in [0.25, 0.3) is 5.57 Å². The van der Waals surface area contributed by atoms with Gasteiger partial charge in [-0.3, -0.25) is 0 Å². The summed E-state index contributed by atoms with van der Waals surface area (Å²) in [5.41, 5.74) is 4.24. The van der Waals surface area contributed by atoms with Crippen molar-refractivity contribution in [1.82, 2.24) is 0 Å². The summed E-state index contributed by atoms with van der Waals surface area (Å²) in [4.78, 5) is 0. The van der Waals surface area contributed by atoms with Gasteiger partial charge < -0.3 is 0 Å². The smallest absolute Gasteiger partial charge is 0.147 e. The minimum atomic E-state index is -1.52. The van der Waals surface area contributed by atoms with Crippen molar-refractivity contribution in [2.75, 3.05) is 6.61 Å². The maximum Gasteiger partial charge on any atom is -0.147 e. The van der Waals surface area contributed by atoms with Gasteiger partial charge in [0.1, 0.15) is 0 Å². The summed E-state index contributed by atoms with van der Waals surface area (Å²) in [5.74, 6) is 0. The second kappa shape index (κ2) is 8.99. The molecule has 0 amide bonds. The average molecular weight is 336 g/mol. The summed E-state index contributed by atoms with van der Waals surface area (Å²) in [5, 5.41) is 2.29. The Morgan fingerprint density at radius 3 is 2.47 bits per heavy atom. The first-order valence-corrected chi connectivity index (χ1v) is 9.13. The molecule has 0 heterocycles. The first-order valence-electron chi connectivity index (χ1n) is 6.16. The van der Waals surface area contributed by atoms with Crippen LogP contribution in [0.5, 0.6) is 0 Å². The summed E-state index contributed by atoms with van der Waals surface area (Å²) >= 11 is -1.52. The van der Waals surface area contributed by atoms with E-state index < -0.39 is 18.3 Å². The summed E-state index contributed by atoms with van der Waals surface area (Å²) in [6, 6.07) is 8.74. The summed E-state index contributed by atoms with van der Waals surface area (Å²) in [7, 11) is 0. The number of benzene rings is 1. The van der Waals surface area contributed by atoms with E-state index in [1.807, 2.05) is 0 Å². The van der Waals surface area contributed by atoms with Crippen molar-refractivity contribution in [2.45, 2.75) is 25.5 Å². The van der Waals surface area contributed by atoms with Crippen LogP contribution in [0.2, 0.25) is 5.23 Å². The van der Waals surface area contributed by atoms with Gasteiger partial charge in [-0.25, -0.2) is 0 Å². The molecule has 19 heavy (non-hydrogen) atoms. The van der Waals surface area contributed by atoms with Crippen LogP contribution in [0.1, 0.15) is 25.8 Å². The van der Waals surface area contributed by atoms with Crippen LogP contribution in [0.4, 0.5) is 0 Å². The molecule has 4 heteroatoms. The van der Waals surface area contributed by atoms with Crippen LogP contribution in [-0.2, 0) is 21.6 Å². The predicted octanol–water partition coefficient (Wildman–Crippen LogP) is 4.51. The van der Waals surface area contributed by atoms with Crippen LogP contribution in [0.3, 0.4) is 0 Å². The molecule has 1 aliphatic carbocycles. The number of rotatable bonds is 4. The molecular weight excluding hydrogens is 315 g/mol. The minimum absolute atomic E-state index is 0. The predicted molar refractivity (Wildman–Crippen MR) is 84.4 cm³/mol. The molecule has 0 saturated carbocycles. The fourth-order valence-electron chi connectivity index (χ4n) is 2.22. The SMILES string of the molecule is CC[O][Ti]([CH3])[c]1ccccc1C1=CC(C)=CC1.Cl.Cl. The van der Waals surface area contributed by atoms with E-state index in [4.69, 9.17) is 3.32 Å². The van der Waals surface area contributed by atoms with Gasteiger partial charge in [0.05, 0.1) is 0 Å². The van der Waals surface area contributed by atoms with Crippen LogP contribution in [0.15, 0.2) is 42.0 Å². The first kappa shape index (κ1) is 19.0. The Kier molecular flexibility index (Phi) is 8.97. The molecule has 0 spiro atoms. The molecule has 1 aliphatic rings. The van der Waals surface area contributed by atoms with Gasteiger partial charge in [-0.05, 0) is 0 Å². The zero-order valence-electron chi connectivity index (χ0n) is 11.6. The van der Waals surface area contributed by atoms with Gasteiger partial charge in [-0.15, -0.1) is 24.8 Å². The molecule has 105 valence electrons. The molecule has 0 radical (unpaired) electrons. The molecule has 0 saturated heterocycles. The zero-order chi connectivity index (χ0) is 12.3. The second-order valence-corrected chi connectivity index (χ2v) is 7.39. The van der Waals surface area contributed by atoms with Crippen molar-refractivity contribution in [3.05, 3.63) is 47.6 Å². The molecule has 2 rings (SSSR count). The van der Waals surface area contributed by atoms with E-state index >= 15 is 0 Å². The summed E-state index contributed by atoms with van der Waals surface area (Å²) in [6.07, 6.45) is 5.67. The molecule has 0 bridgehead atoms. The Morgan fingerprint density at radius 1 is 1.21 bits per heavy atom. The van der Waals surface area contributed by atoms with Gasteiger partial charge in [0.15, 0.2) is 0 Å². The third kappa shape index (κ3) is 4.77. The topological polar surface area (TPSA) is 9.23 Å². The molecule has 0 aromatic heterocycles. The number of allylic oxidation sites excluding steroid dienone is 4. The Bertz CT molecular complexity index is 469. The Balaban J connectivity index is 0.00000162. The molecule has 0 unspecified atom stereocenters. The summed E-state index contributed by atoms with van der Waals surface area (Å²) < 4.78 is 7.34. The number of hydrogen-bond acceptors (Lipinski definition) is 1. The minimum Gasteiger partial charge on any atom is -0.147 e. The Labute approximate surface area is 135 Å².